The summed E-state index contributed by atoms with van der Waals surface area (Å²) in [4.78, 5) is 9.65. The average molecular weight is 424 g/mol. The molecule has 5 N–H and O–H groups in total. The molecular formula is C22H29N7O2. The van der Waals surface area contributed by atoms with Gasteiger partial charge in [-0.3, -0.25) is 5.10 Å². The quantitative estimate of drug-likeness (QED) is 0.413. The van der Waals surface area contributed by atoms with E-state index in [1.165, 1.54) is 12.8 Å². The van der Waals surface area contributed by atoms with Crippen molar-refractivity contribution in [2.75, 3.05) is 17.2 Å². The van der Waals surface area contributed by atoms with E-state index in [9.17, 15) is 10.2 Å². The van der Waals surface area contributed by atoms with Crippen LogP contribution < -0.4 is 10.6 Å². The SMILES string of the molecule is Cc1cc(Nc2nc(NC3C4CC5CC3CC(O)(C5)C4)nc3c2ccn3CCO)n[nH]1. The zero-order chi connectivity index (χ0) is 21.2. The van der Waals surface area contributed by atoms with Crippen molar-refractivity contribution < 1.29 is 10.2 Å². The van der Waals surface area contributed by atoms with Crippen molar-refractivity contribution in [3.63, 3.8) is 0 Å². The summed E-state index contributed by atoms with van der Waals surface area (Å²) >= 11 is 0. The van der Waals surface area contributed by atoms with Crippen LogP contribution in [0.4, 0.5) is 17.6 Å². The van der Waals surface area contributed by atoms with Crippen LogP contribution in [0.1, 0.15) is 37.8 Å². The summed E-state index contributed by atoms with van der Waals surface area (Å²) in [6, 6.07) is 4.19. The van der Waals surface area contributed by atoms with Gasteiger partial charge in [0.25, 0.3) is 0 Å². The Balaban J connectivity index is 1.35. The number of H-pyrrole nitrogens is 1. The highest BCUT2D eigenvalue weighted by molar-refractivity contribution is 5.90. The molecule has 2 unspecified atom stereocenters. The van der Waals surface area contributed by atoms with Crippen LogP contribution in [0.25, 0.3) is 11.0 Å². The van der Waals surface area contributed by atoms with E-state index in [2.05, 4.69) is 20.8 Å². The second-order valence-corrected chi connectivity index (χ2v) is 9.79. The Bertz CT molecular complexity index is 1110. The molecule has 7 rings (SSSR count). The van der Waals surface area contributed by atoms with Gasteiger partial charge in [-0.1, -0.05) is 0 Å². The molecule has 0 radical (unpaired) electrons. The molecule has 4 aliphatic rings. The lowest BCUT2D eigenvalue weighted by Crippen LogP contribution is -2.59. The number of nitrogens with zero attached hydrogens (tertiary/aromatic N) is 4. The molecular weight excluding hydrogens is 394 g/mol. The Morgan fingerprint density at radius 3 is 2.71 bits per heavy atom. The molecule has 4 aliphatic carbocycles. The molecule has 4 bridgehead atoms. The monoisotopic (exact) mass is 423 g/mol. The molecule has 3 aromatic rings. The molecule has 0 spiro atoms. The second kappa shape index (κ2) is 6.93. The van der Waals surface area contributed by atoms with Gasteiger partial charge < -0.3 is 25.4 Å². The van der Waals surface area contributed by atoms with Crippen LogP contribution in [-0.2, 0) is 6.54 Å². The zero-order valence-electron chi connectivity index (χ0n) is 17.7. The van der Waals surface area contributed by atoms with Crippen molar-refractivity contribution in [1.29, 1.82) is 0 Å². The number of aliphatic hydroxyl groups is 2. The zero-order valence-corrected chi connectivity index (χ0v) is 17.7. The Morgan fingerprint density at radius 2 is 2.03 bits per heavy atom. The van der Waals surface area contributed by atoms with Gasteiger partial charge >= 0.3 is 0 Å². The summed E-state index contributed by atoms with van der Waals surface area (Å²) in [5, 5.41) is 35.5. The second-order valence-electron chi connectivity index (χ2n) is 9.79. The minimum Gasteiger partial charge on any atom is -0.395 e. The average Bonchev–Trinajstić information content (AvgIpc) is 3.30. The maximum Gasteiger partial charge on any atom is 0.226 e. The van der Waals surface area contributed by atoms with E-state index >= 15 is 0 Å². The van der Waals surface area contributed by atoms with Crippen LogP contribution in [-0.4, -0.2) is 53.2 Å². The third-order valence-electron chi connectivity index (χ3n) is 7.45. The number of aliphatic hydroxyl groups excluding tert-OH is 1. The van der Waals surface area contributed by atoms with Crippen molar-refractivity contribution in [3.05, 3.63) is 24.0 Å². The van der Waals surface area contributed by atoms with Crippen molar-refractivity contribution >= 4 is 28.6 Å². The molecule has 31 heavy (non-hydrogen) atoms. The number of fused-ring (bicyclic) bond motifs is 1. The van der Waals surface area contributed by atoms with Gasteiger partial charge in [0, 0.05) is 30.5 Å². The predicted octanol–water partition coefficient (Wildman–Crippen LogP) is 2.55. The first-order valence-corrected chi connectivity index (χ1v) is 11.3. The number of aromatic amines is 1. The van der Waals surface area contributed by atoms with Crippen LogP contribution in [0, 0.1) is 24.7 Å². The number of aromatic nitrogens is 5. The van der Waals surface area contributed by atoms with Crippen molar-refractivity contribution in [2.24, 2.45) is 17.8 Å². The largest absolute Gasteiger partial charge is 0.395 e. The van der Waals surface area contributed by atoms with Crippen LogP contribution in [0.5, 0.6) is 0 Å². The highest BCUT2D eigenvalue weighted by atomic mass is 16.3. The minimum absolute atomic E-state index is 0.0462. The first-order chi connectivity index (χ1) is 15.0. The molecule has 0 amide bonds. The van der Waals surface area contributed by atoms with Crippen LogP contribution in [0.3, 0.4) is 0 Å². The maximum absolute atomic E-state index is 10.9. The lowest BCUT2D eigenvalue weighted by atomic mass is 9.52. The normalized spacial score (nSPS) is 31.5. The molecule has 3 heterocycles. The van der Waals surface area contributed by atoms with E-state index < -0.39 is 5.60 Å². The van der Waals surface area contributed by atoms with E-state index in [1.54, 1.807) is 0 Å². The molecule has 2 atom stereocenters. The summed E-state index contributed by atoms with van der Waals surface area (Å²) in [5.74, 6) is 3.57. The minimum atomic E-state index is -0.458. The molecule has 0 aliphatic heterocycles. The molecule has 4 fully saturated rings. The number of nitrogens with one attached hydrogen (secondary N) is 3. The van der Waals surface area contributed by atoms with Gasteiger partial charge in [-0.2, -0.15) is 15.1 Å². The molecule has 4 saturated carbocycles. The predicted molar refractivity (Wildman–Crippen MR) is 117 cm³/mol. The lowest BCUT2D eigenvalue weighted by Gasteiger charge is -2.58. The first kappa shape index (κ1) is 19.1. The summed E-state index contributed by atoms with van der Waals surface area (Å²) in [5.41, 5.74) is 1.29. The van der Waals surface area contributed by atoms with Crippen LogP contribution in [0.2, 0.25) is 0 Å². The van der Waals surface area contributed by atoms with E-state index in [0.29, 0.717) is 41.9 Å². The fourth-order valence-electron chi connectivity index (χ4n) is 6.48. The Morgan fingerprint density at radius 1 is 1.23 bits per heavy atom. The number of anilines is 3. The molecule has 164 valence electrons. The standard InChI is InChI=1S/C22H29N7O2/c1-12-6-17(28-27-12)23-19-16-2-3-29(4-5-30)20(16)26-21(25-19)24-18-14-7-13-8-15(18)11-22(31,9-13)10-14/h2-3,6,13-15,18,30-31H,4-5,7-11H2,1H3,(H3,23,24,25,26,27,28). The first-order valence-electron chi connectivity index (χ1n) is 11.3. The number of hydrogen-bond donors (Lipinski definition) is 5. The smallest absolute Gasteiger partial charge is 0.226 e. The Labute approximate surface area is 180 Å². The molecule has 9 heteroatoms. The number of hydrogen-bond acceptors (Lipinski definition) is 7. The van der Waals surface area contributed by atoms with Gasteiger partial charge in [-0.25, -0.2) is 0 Å². The van der Waals surface area contributed by atoms with E-state index in [-0.39, 0.29) is 12.6 Å². The summed E-state index contributed by atoms with van der Waals surface area (Å²) in [6.45, 7) is 2.48. The van der Waals surface area contributed by atoms with Crippen molar-refractivity contribution in [2.45, 2.75) is 57.2 Å². The van der Waals surface area contributed by atoms with E-state index in [0.717, 1.165) is 36.0 Å². The molecule has 0 aromatic carbocycles. The van der Waals surface area contributed by atoms with Gasteiger partial charge in [0.2, 0.25) is 5.95 Å². The summed E-state index contributed by atoms with van der Waals surface area (Å²) in [7, 11) is 0. The summed E-state index contributed by atoms with van der Waals surface area (Å²) < 4.78 is 1.95. The number of rotatable bonds is 6. The van der Waals surface area contributed by atoms with Gasteiger partial charge in [0.05, 0.1) is 17.6 Å². The highest BCUT2D eigenvalue weighted by Gasteiger charge is 2.54. The maximum atomic E-state index is 10.9. The van der Waals surface area contributed by atoms with Gasteiger partial charge in [0.1, 0.15) is 11.5 Å². The van der Waals surface area contributed by atoms with Gasteiger partial charge in [-0.05, 0) is 62.8 Å². The third kappa shape index (κ3) is 3.27. The van der Waals surface area contributed by atoms with Gasteiger partial charge in [0.15, 0.2) is 5.82 Å². The van der Waals surface area contributed by atoms with Crippen LogP contribution >= 0.6 is 0 Å². The molecule has 3 aromatic heterocycles. The fourth-order valence-corrected chi connectivity index (χ4v) is 6.48. The van der Waals surface area contributed by atoms with Crippen LogP contribution in [0.15, 0.2) is 18.3 Å². The lowest BCUT2D eigenvalue weighted by molar-refractivity contribution is -0.129. The molecule has 0 saturated heterocycles. The third-order valence-corrected chi connectivity index (χ3v) is 7.45. The van der Waals surface area contributed by atoms with E-state index in [4.69, 9.17) is 9.97 Å². The van der Waals surface area contributed by atoms with Gasteiger partial charge in [-0.15, -0.1) is 0 Å². The Kier molecular flexibility index (Phi) is 4.26. The molecule has 9 nitrogen and oxygen atoms in total. The highest BCUT2D eigenvalue weighted by Crippen LogP contribution is 2.56. The Hall–Kier alpha value is -2.65. The van der Waals surface area contributed by atoms with E-state index in [1.807, 2.05) is 29.8 Å². The summed E-state index contributed by atoms with van der Waals surface area (Å²) in [6.07, 6.45) is 7.01. The fraction of sp³-hybridized carbons (Fsp3) is 0.591. The van der Waals surface area contributed by atoms with Crippen molar-refractivity contribution in [3.8, 4) is 0 Å². The van der Waals surface area contributed by atoms with Crippen molar-refractivity contribution in [1.82, 2.24) is 24.7 Å². The topological polar surface area (TPSA) is 124 Å². The number of aryl methyl sites for hydroxylation is 1.